The quantitative estimate of drug-likeness (QED) is 0.142. The summed E-state index contributed by atoms with van der Waals surface area (Å²) in [4.78, 5) is 63.5. The summed E-state index contributed by atoms with van der Waals surface area (Å²) in [6, 6.07) is 3.02. The molecular weight excluding hydrogens is 648 g/mol. The highest BCUT2D eigenvalue weighted by molar-refractivity contribution is 7.14. The lowest BCUT2D eigenvalue weighted by molar-refractivity contribution is -0.787. The van der Waals surface area contributed by atoms with Crippen LogP contribution in [0.25, 0.3) is 17.8 Å². The maximum atomic E-state index is 13.9. The average molecular weight is 692 g/mol. The lowest BCUT2D eigenvalue weighted by atomic mass is 9.93. The van der Waals surface area contributed by atoms with Crippen LogP contribution < -0.4 is 26.4 Å². The Hall–Kier alpha value is -5.03. The number of urea groups is 1. The summed E-state index contributed by atoms with van der Waals surface area (Å²) in [7, 11) is 5.32. The number of carbonyl (C=O) groups is 3. The molecule has 1 saturated heterocycles. The van der Waals surface area contributed by atoms with Crippen molar-refractivity contribution in [2.24, 2.45) is 5.92 Å². The summed E-state index contributed by atoms with van der Waals surface area (Å²) in [5, 5.41) is 24.7. The minimum atomic E-state index is -0.365. The number of hydrogen-bond donors (Lipinski definition) is 4. The van der Waals surface area contributed by atoms with Crippen molar-refractivity contribution in [3.05, 3.63) is 56.7 Å². The van der Waals surface area contributed by atoms with Crippen LogP contribution in [-0.2, 0) is 10.2 Å². The van der Waals surface area contributed by atoms with E-state index in [1.807, 2.05) is 10.3 Å². The number of amides is 4. The van der Waals surface area contributed by atoms with Gasteiger partial charge in [0.15, 0.2) is 11.0 Å². The van der Waals surface area contributed by atoms with E-state index in [1.54, 1.807) is 45.4 Å². The zero-order valence-corrected chi connectivity index (χ0v) is 29.4. The number of hydrogen-bond acceptors (Lipinski definition) is 11. The van der Waals surface area contributed by atoms with Gasteiger partial charge in [0.1, 0.15) is 11.5 Å². The molecule has 260 valence electrons. The van der Waals surface area contributed by atoms with Crippen molar-refractivity contribution >= 4 is 57.9 Å². The Morgan fingerprint density at radius 3 is 2.59 bits per heavy atom. The first-order valence-corrected chi connectivity index (χ1v) is 16.9. The summed E-state index contributed by atoms with van der Waals surface area (Å²) < 4.78 is 1.54. The van der Waals surface area contributed by atoms with Crippen molar-refractivity contribution < 1.29 is 18.9 Å². The molecule has 1 unspecified atom stereocenters. The number of pyridine rings is 1. The predicted molar refractivity (Wildman–Crippen MR) is 187 cm³/mol. The number of piperidine rings is 1. The second-order valence-corrected chi connectivity index (χ2v) is 14.8. The van der Waals surface area contributed by atoms with E-state index >= 15 is 0 Å². The van der Waals surface area contributed by atoms with E-state index in [9.17, 15) is 19.2 Å². The van der Waals surface area contributed by atoms with Crippen LogP contribution in [0.5, 0.6) is 0 Å². The van der Waals surface area contributed by atoms with Crippen LogP contribution >= 0.6 is 11.3 Å². The Labute approximate surface area is 287 Å². The third kappa shape index (κ3) is 8.91. The topological polar surface area (TPSA) is 192 Å². The first-order valence-electron chi connectivity index (χ1n) is 16.1. The number of nitrogens with zero attached hydrogens (tertiary/aromatic N) is 8. The fourth-order valence-electron chi connectivity index (χ4n) is 5.28. The van der Waals surface area contributed by atoms with E-state index < -0.39 is 0 Å². The Kier molecular flexibility index (Phi) is 10.5. The van der Waals surface area contributed by atoms with E-state index in [4.69, 9.17) is 4.98 Å². The van der Waals surface area contributed by atoms with Crippen LogP contribution in [-0.4, -0.2) is 105 Å². The molecule has 1 aliphatic rings. The summed E-state index contributed by atoms with van der Waals surface area (Å²) in [6.07, 6.45) is 6.67. The molecule has 0 bridgehead atoms. The number of fused-ring (bicyclic) bond motifs is 1. The van der Waals surface area contributed by atoms with Crippen molar-refractivity contribution in [2.75, 3.05) is 57.5 Å². The number of nitrogens with one attached hydrogen (secondary N) is 4. The molecule has 1 aliphatic heterocycles. The van der Waals surface area contributed by atoms with Gasteiger partial charge in [-0.3, -0.25) is 24.1 Å². The first-order chi connectivity index (χ1) is 23.2. The third-order valence-corrected chi connectivity index (χ3v) is 8.75. The lowest BCUT2D eigenvalue weighted by Gasteiger charge is -2.34. The van der Waals surface area contributed by atoms with Gasteiger partial charge >= 0.3 is 6.03 Å². The van der Waals surface area contributed by atoms with Crippen LogP contribution in [0.2, 0.25) is 0 Å². The molecule has 1 atom stereocenters. The van der Waals surface area contributed by atoms with Gasteiger partial charge < -0.3 is 15.5 Å². The molecule has 4 N–H and O–H groups in total. The summed E-state index contributed by atoms with van der Waals surface area (Å²) >= 11 is 1.35. The van der Waals surface area contributed by atoms with Crippen molar-refractivity contribution in [2.45, 2.75) is 45.4 Å². The Bertz CT molecular complexity index is 1900. The highest BCUT2D eigenvalue weighted by Crippen LogP contribution is 2.28. The Balaban J connectivity index is 1.36. The first kappa shape index (κ1) is 35.3. The van der Waals surface area contributed by atoms with E-state index in [0.717, 1.165) is 18.5 Å². The number of thiazole rings is 1. The fraction of sp³-hybridized carbons (Fsp3) is 0.469. The molecule has 5 rings (SSSR count). The number of aromatic nitrogens is 7. The highest BCUT2D eigenvalue weighted by atomic mass is 32.1. The van der Waals surface area contributed by atoms with Gasteiger partial charge in [-0.15, -0.1) is 16.4 Å². The zero-order chi connectivity index (χ0) is 35.3. The molecule has 0 radical (unpaired) electrons. The van der Waals surface area contributed by atoms with Crippen LogP contribution in [0.3, 0.4) is 0 Å². The van der Waals surface area contributed by atoms with Gasteiger partial charge in [0, 0.05) is 55.2 Å². The number of tetrazole rings is 1. The largest absolute Gasteiger partial charge is 0.416 e. The van der Waals surface area contributed by atoms with Crippen molar-refractivity contribution in [3.8, 4) is 0 Å². The molecular formula is C32H43N12O4S+. The van der Waals surface area contributed by atoms with Crippen LogP contribution in [0.15, 0.2) is 28.5 Å². The number of aromatic amines is 1. The minimum Gasteiger partial charge on any atom is -0.356 e. The molecule has 0 aliphatic carbocycles. The van der Waals surface area contributed by atoms with Crippen LogP contribution in [0.1, 0.15) is 67.5 Å². The number of H-pyrrole nitrogens is 1. The molecule has 17 heteroatoms. The number of anilines is 2. The summed E-state index contributed by atoms with van der Waals surface area (Å²) in [5.74, 6) is 0.343. The zero-order valence-electron chi connectivity index (χ0n) is 28.6. The monoisotopic (exact) mass is 691 g/mol. The second-order valence-electron chi connectivity index (χ2n) is 13.9. The molecule has 0 spiro atoms. The summed E-state index contributed by atoms with van der Waals surface area (Å²) in [5.41, 5.74) is 1.35. The van der Waals surface area contributed by atoms with Gasteiger partial charge in [-0.1, -0.05) is 20.8 Å². The minimum absolute atomic E-state index is 0.0125. The average Bonchev–Trinajstić information content (AvgIpc) is 3.75. The number of quaternary nitrogens is 1. The van der Waals surface area contributed by atoms with E-state index in [0.29, 0.717) is 66.1 Å². The highest BCUT2D eigenvalue weighted by Gasteiger charge is 2.27. The lowest BCUT2D eigenvalue weighted by Crippen LogP contribution is -2.49. The molecule has 4 amide bonds. The van der Waals surface area contributed by atoms with Gasteiger partial charge in [0.2, 0.25) is 5.91 Å². The molecule has 5 heterocycles. The maximum absolute atomic E-state index is 13.9. The molecule has 0 saturated carbocycles. The van der Waals surface area contributed by atoms with Crippen molar-refractivity contribution in [1.82, 2.24) is 45.6 Å². The number of carbonyl (C=O) groups excluding carboxylic acids is 3. The van der Waals surface area contributed by atoms with E-state index in [2.05, 4.69) is 62.3 Å². The Morgan fingerprint density at radius 2 is 1.90 bits per heavy atom. The summed E-state index contributed by atoms with van der Waals surface area (Å²) in [6.45, 7) is 7.95. The van der Waals surface area contributed by atoms with Gasteiger partial charge in [0.05, 0.1) is 32.4 Å². The smallest absolute Gasteiger partial charge is 0.356 e. The van der Waals surface area contributed by atoms with Crippen LogP contribution in [0, 0.1) is 5.92 Å². The van der Waals surface area contributed by atoms with Crippen LogP contribution in [0.4, 0.5) is 15.7 Å². The van der Waals surface area contributed by atoms with Gasteiger partial charge in [-0.05, 0) is 53.5 Å². The molecule has 4 aromatic heterocycles. The van der Waals surface area contributed by atoms with Gasteiger partial charge in [0.25, 0.3) is 11.5 Å². The predicted octanol–water partition coefficient (Wildman–Crippen LogP) is 2.52. The molecule has 49 heavy (non-hydrogen) atoms. The van der Waals surface area contributed by atoms with Crippen molar-refractivity contribution in [1.29, 1.82) is 0 Å². The molecule has 16 nitrogen and oxygen atoms in total. The molecule has 0 aromatic carbocycles. The Morgan fingerprint density at radius 1 is 1.12 bits per heavy atom. The van der Waals surface area contributed by atoms with Gasteiger partial charge in [-0.25, -0.2) is 24.3 Å². The SMILES string of the molecule is CC(C)(C)c1csc(NC(=O)c2ccn3c(=O)c(/C=C/c4nnn[nH]4)c(N4CCCC(CC(=O)NCCNC(=O)[N+](C)(C)C)C4)nc3c2)n1. The third-order valence-electron chi connectivity index (χ3n) is 8.00. The van der Waals surface area contributed by atoms with E-state index in [-0.39, 0.29) is 39.2 Å². The fourth-order valence-corrected chi connectivity index (χ4v) is 6.21. The maximum Gasteiger partial charge on any atom is 0.416 e. The standard InChI is InChI=1S/C32H42N12O4S/c1-32(2,3)23-19-49-30(35-23)37-28(46)21-11-15-43-25(17-21)36-27(22(29(43)47)9-10-24-38-40-41-39-24)42-14-7-8-20(18-42)16-26(45)33-12-13-34-31(48)44(4,5)6/h9-11,15,17,19-20H,7-8,12-14,16,18H2,1-6H3,(H3-,33,34,35,37,38,39,40,41,45,46,48)/p+1. The van der Waals surface area contributed by atoms with Gasteiger partial charge in [-0.2, -0.15) is 0 Å². The normalized spacial score (nSPS) is 15.5. The molecule has 4 aromatic rings. The number of rotatable bonds is 10. The van der Waals surface area contributed by atoms with Crippen molar-refractivity contribution in [3.63, 3.8) is 0 Å². The molecule has 1 fully saturated rings. The van der Waals surface area contributed by atoms with E-state index in [1.165, 1.54) is 21.9 Å². The second kappa shape index (κ2) is 14.6.